The first-order chi connectivity index (χ1) is 7.79. The van der Waals surface area contributed by atoms with Crippen LogP contribution in [0.25, 0.3) is 10.8 Å². The molecule has 0 spiro atoms. The van der Waals surface area contributed by atoms with E-state index in [1.807, 2.05) is 0 Å². The van der Waals surface area contributed by atoms with Gasteiger partial charge in [0.05, 0.1) is 0 Å². The van der Waals surface area contributed by atoms with Crippen LogP contribution in [0.1, 0.15) is 0 Å². The molecule has 5 nitrogen and oxygen atoms in total. The SMILES string of the molecule is NN.O=NO.[Na][c]1cccc2ccccc12. The number of rotatable bonds is 0. The topological polar surface area (TPSA) is 102 Å². The zero-order valence-corrected chi connectivity index (χ0v) is 11.0. The molecule has 0 saturated carbocycles. The third kappa shape index (κ3) is 4.69. The molecule has 0 heterocycles. The van der Waals surface area contributed by atoms with Crippen LogP contribution in [0.2, 0.25) is 0 Å². The zero-order valence-electron chi connectivity index (χ0n) is 9.00. The van der Waals surface area contributed by atoms with E-state index < -0.39 is 0 Å². The maximum atomic E-state index is 8.11. The number of nitrogens with two attached hydrogens (primary N) is 2. The van der Waals surface area contributed by atoms with Gasteiger partial charge in [0.15, 0.2) is 5.34 Å². The Balaban J connectivity index is 0.000000394. The van der Waals surface area contributed by atoms with E-state index in [1.54, 1.807) is 0 Å². The quantitative estimate of drug-likeness (QED) is 0.266. The van der Waals surface area contributed by atoms with Gasteiger partial charge in [0.1, 0.15) is 0 Å². The number of hydrogen-bond acceptors (Lipinski definition) is 4. The summed E-state index contributed by atoms with van der Waals surface area (Å²) in [4.78, 5) is 8.11. The molecule has 80 valence electrons. The Morgan fingerprint density at radius 2 is 1.56 bits per heavy atom. The van der Waals surface area contributed by atoms with Crippen molar-refractivity contribution in [1.29, 1.82) is 0 Å². The fourth-order valence-electron chi connectivity index (χ4n) is 1.39. The molecule has 0 atom stereocenters. The summed E-state index contributed by atoms with van der Waals surface area (Å²) >= 11 is 1.14. The van der Waals surface area contributed by atoms with E-state index in [0.717, 1.165) is 27.9 Å². The molecular weight excluding hydrogens is 217 g/mol. The van der Waals surface area contributed by atoms with Gasteiger partial charge in [-0.15, -0.1) is 4.91 Å². The normalized spacial score (nSPS) is 8.25. The van der Waals surface area contributed by atoms with Crippen LogP contribution >= 0.6 is 0 Å². The van der Waals surface area contributed by atoms with Crippen LogP contribution in [0.15, 0.2) is 47.8 Å². The van der Waals surface area contributed by atoms with E-state index in [2.05, 4.69) is 54.1 Å². The molecule has 2 aromatic carbocycles. The van der Waals surface area contributed by atoms with E-state index in [0.29, 0.717) is 0 Å². The molecule has 0 saturated heterocycles. The van der Waals surface area contributed by atoms with Crippen molar-refractivity contribution in [1.82, 2.24) is 0 Å². The van der Waals surface area contributed by atoms with Crippen molar-refractivity contribution in [3.8, 4) is 0 Å². The molecule has 0 aliphatic rings. The van der Waals surface area contributed by atoms with Gasteiger partial charge in [-0.25, -0.2) is 0 Å². The fourth-order valence-corrected chi connectivity index (χ4v) is 2.04. The Bertz CT molecular complexity index is 432. The summed E-state index contributed by atoms with van der Waals surface area (Å²) in [6.07, 6.45) is 0. The van der Waals surface area contributed by atoms with Gasteiger partial charge in [0, 0.05) is 0 Å². The Morgan fingerprint density at radius 1 is 1.06 bits per heavy atom. The van der Waals surface area contributed by atoms with Crippen molar-refractivity contribution < 1.29 is 5.21 Å². The molecule has 0 radical (unpaired) electrons. The minimum atomic E-state index is 1.14. The number of hydrogen-bond donors (Lipinski definition) is 3. The molecule has 6 heteroatoms. The fraction of sp³-hybridized carbons (Fsp3) is 0. The summed E-state index contributed by atoms with van der Waals surface area (Å²) in [6.45, 7) is 0. The average Bonchev–Trinajstić information content (AvgIpc) is 2.33. The third-order valence-electron chi connectivity index (χ3n) is 2.01. The van der Waals surface area contributed by atoms with Crippen molar-refractivity contribution in [2.45, 2.75) is 0 Å². The Hall–Kier alpha value is -0.980. The van der Waals surface area contributed by atoms with Gasteiger partial charge < -0.3 is 5.21 Å². The van der Waals surface area contributed by atoms with Gasteiger partial charge in [0.25, 0.3) is 0 Å². The molecule has 2 rings (SSSR count). The second-order valence-corrected chi connectivity index (χ2v) is 3.96. The summed E-state index contributed by atoms with van der Waals surface area (Å²) in [5.41, 5.74) is 0. The molecule has 0 unspecified atom stereocenters. The zero-order chi connectivity index (χ0) is 12.4. The van der Waals surface area contributed by atoms with Crippen LogP contribution < -0.4 is 14.5 Å². The molecule has 2 aromatic rings. The summed E-state index contributed by atoms with van der Waals surface area (Å²) in [5, 5.41) is 10.7. The van der Waals surface area contributed by atoms with Crippen LogP contribution in [0, 0.1) is 4.91 Å². The van der Waals surface area contributed by atoms with Gasteiger partial charge in [-0.2, -0.15) is 0 Å². The van der Waals surface area contributed by atoms with Gasteiger partial charge >= 0.3 is 84.0 Å². The van der Waals surface area contributed by atoms with Gasteiger partial charge in [0.2, 0.25) is 0 Å². The first-order valence-electron chi connectivity index (χ1n) is 4.54. The van der Waals surface area contributed by atoms with E-state index in [1.165, 1.54) is 18.9 Å². The Morgan fingerprint density at radius 3 is 2.12 bits per heavy atom. The summed E-state index contributed by atoms with van der Waals surface area (Å²) in [6, 6.07) is 15.0. The first-order valence-corrected chi connectivity index (χ1v) is 5.54. The van der Waals surface area contributed by atoms with E-state index >= 15 is 0 Å². The van der Waals surface area contributed by atoms with Crippen LogP contribution in [0.5, 0.6) is 0 Å². The van der Waals surface area contributed by atoms with Crippen molar-refractivity contribution in [2.24, 2.45) is 17.0 Å². The number of fused-ring (bicyclic) bond motifs is 1. The second kappa shape index (κ2) is 9.26. The monoisotopic (exact) mass is 229 g/mol. The van der Waals surface area contributed by atoms with E-state index in [9.17, 15) is 0 Å². The average molecular weight is 229 g/mol. The van der Waals surface area contributed by atoms with Crippen LogP contribution in [-0.2, 0) is 0 Å². The van der Waals surface area contributed by atoms with Gasteiger partial charge in [-0.3, -0.25) is 11.7 Å². The van der Waals surface area contributed by atoms with Crippen LogP contribution in [-0.4, -0.2) is 33.1 Å². The van der Waals surface area contributed by atoms with Crippen LogP contribution in [0.3, 0.4) is 0 Å². The first kappa shape index (κ1) is 15.0. The van der Waals surface area contributed by atoms with Crippen molar-refractivity contribution >= 4 is 41.5 Å². The van der Waals surface area contributed by atoms with Crippen molar-refractivity contribution in [3.05, 3.63) is 47.4 Å². The summed E-state index contributed by atoms with van der Waals surface area (Å²) in [5.74, 6) is 8.00. The van der Waals surface area contributed by atoms with Crippen molar-refractivity contribution in [2.75, 3.05) is 0 Å². The van der Waals surface area contributed by atoms with Crippen LogP contribution in [0.4, 0.5) is 0 Å². The van der Waals surface area contributed by atoms with Gasteiger partial charge in [-0.05, 0) is 0 Å². The molecule has 5 N–H and O–H groups in total. The predicted molar refractivity (Wildman–Crippen MR) is 65.3 cm³/mol. The molecule has 0 fully saturated rings. The third-order valence-corrected chi connectivity index (χ3v) is 2.88. The molecular formula is C10H12N3NaO2. The van der Waals surface area contributed by atoms with E-state index in [4.69, 9.17) is 10.1 Å². The molecule has 0 aromatic heterocycles. The summed E-state index contributed by atoms with van der Waals surface area (Å²) in [7, 11) is 0. The molecule has 16 heavy (non-hydrogen) atoms. The maximum absolute atomic E-state index is 8.11. The molecule has 0 amide bonds. The summed E-state index contributed by atoms with van der Waals surface area (Å²) < 4.78 is 1.49. The standard InChI is InChI=1S/C10H7.H4N2.HNO2.Na/c1-2-6-10-8-4-3-7-9(10)5-1;1-2;2-1-3;/h1-7H;1-2H2;(H,2,3);. The molecule has 0 bridgehead atoms. The predicted octanol–water partition coefficient (Wildman–Crippen LogP) is 0.594. The van der Waals surface area contributed by atoms with E-state index in [-0.39, 0.29) is 0 Å². The Labute approximate surface area is 111 Å². The number of benzene rings is 2. The minimum absolute atomic E-state index is 1.14. The number of nitrogens with zero attached hydrogens (tertiary/aromatic N) is 1. The second-order valence-electron chi connectivity index (χ2n) is 2.88. The van der Waals surface area contributed by atoms with Gasteiger partial charge in [-0.1, -0.05) is 0 Å². The Kier molecular flexibility index (Phi) is 8.69. The molecule has 0 aliphatic heterocycles. The molecule has 0 aliphatic carbocycles. The number of hydrazine groups is 1. The van der Waals surface area contributed by atoms with Crippen molar-refractivity contribution in [3.63, 3.8) is 0 Å².